The number of carbonyl (C=O) groups excluding carboxylic acids is 2. The zero-order valence-corrected chi connectivity index (χ0v) is 15.6. The van der Waals surface area contributed by atoms with E-state index < -0.39 is 0 Å². The molecule has 25 heavy (non-hydrogen) atoms. The van der Waals surface area contributed by atoms with Crippen molar-refractivity contribution in [1.82, 2.24) is 4.90 Å². The van der Waals surface area contributed by atoms with Gasteiger partial charge in [-0.05, 0) is 49.9 Å². The highest BCUT2D eigenvalue weighted by Crippen LogP contribution is 2.21. The van der Waals surface area contributed by atoms with Crippen LogP contribution in [0.2, 0.25) is 0 Å². The topological polar surface area (TPSA) is 52.7 Å². The molecule has 2 rings (SSSR count). The van der Waals surface area contributed by atoms with Crippen LogP contribution in [0.4, 0.5) is 11.4 Å². The first-order valence-electron chi connectivity index (χ1n) is 9.50. The Kier molecular flexibility index (Phi) is 7.76. The van der Waals surface area contributed by atoms with Crippen LogP contribution in [0.15, 0.2) is 24.3 Å². The number of unbranched alkanes of at least 4 members (excludes halogenated alkanes) is 2. The molecule has 1 fully saturated rings. The summed E-state index contributed by atoms with van der Waals surface area (Å²) in [5.74, 6) is -0.191. The first-order chi connectivity index (χ1) is 12.1. The second-order valence-electron chi connectivity index (χ2n) is 6.79. The number of piperidine rings is 1. The number of hydrogen-bond donors (Lipinski definition) is 1. The first kappa shape index (κ1) is 19.3. The van der Waals surface area contributed by atoms with Crippen LogP contribution in [-0.4, -0.2) is 42.9 Å². The summed E-state index contributed by atoms with van der Waals surface area (Å²) in [7, 11) is 0. The third-order valence-corrected chi connectivity index (χ3v) is 4.68. The number of carbonyl (C=O) groups is 2. The van der Waals surface area contributed by atoms with Gasteiger partial charge in [0.1, 0.15) is 0 Å². The number of hydrogen-bond acceptors (Lipinski definition) is 3. The van der Waals surface area contributed by atoms with E-state index >= 15 is 0 Å². The van der Waals surface area contributed by atoms with Crippen molar-refractivity contribution in [1.29, 1.82) is 0 Å². The van der Waals surface area contributed by atoms with Gasteiger partial charge in [-0.15, -0.1) is 0 Å². The lowest BCUT2D eigenvalue weighted by Gasteiger charge is -2.28. The van der Waals surface area contributed by atoms with Crippen molar-refractivity contribution in [3.63, 3.8) is 0 Å². The number of anilines is 2. The highest BCUT2D eigenvalue weighted by atomic mass is 16.2. The third-order valence-electron chi connectivity index (χ3n) is 4.68. The molecular formula is C20H31N3O2. The third kappa shape index (κ3) is 6.40. The Morgan fingerprint density at radius 3 is 2.36 bits per heavy atom. The van der Waals surface area contributed by atoms with E-state index in [-0.39, 0.29) is 18.4 Å². The fourth-order valence-corrected chi connectivity index (χ4v) is 3.18. The van der Waals surface area contributed by atoms with Crippen molar-refractivity contribution in [3.05, 3.63) is 24.3 Å². The quantitative estimate of drug-likeness (QED) is 0.732. The number of rotatable bonds is 8. The van der Waals surface area contributed by atoms with Crippen molar-refractivity contribution < 1.29 is 9.59 Å². The van der Waals surface area contributed by atoms with Gasteiger partial charge in [-0.25, -0.2) is 0 Å². The number of nitrogens with zero attached hydrogens (tertiary/aromatic N) is 2. The van der Waals surface area contributed by atoms with Crippen molar-refractivity contribution in [3.8, 4) is 0 Å². The smallest absolute Gasteiger partial charge is 0.243 e. The Bertz CT molecular complexity index is 551. The lowest BCUT2D eigenvalue weighted by molar-refractivity contribution is -0.132. The Morgan fingerprint density at radius 1 is 1.08 bits per heavy atom. The Morgan fingerprint density at radius 2 is 1.76 bits per heavy atom. The van der Waals surface area contributed by atoms with Gasteiger partial charge in [0.05, 0.1) is 6.54 Å². The van der Waals surface area contributed by atoms with E-state index in [9.17, 15) is 9.59 Å². The van der Waals surface area contributed by atoms with Crippen molar-refractivity contribution in [2.75, 3.05) is 36.4 Å². The average Bonchev–Trinajstić information content (AvgIpc) is 2.62. The van der Waals surface area contributed by atoms with Crippen LogP contribution in [-0.2, 0) is 9.59 Å². The minimum atomic E-state index is -0.141. The van der Waals surface area contributed by atoms with Gasteiger partial charge in [0.25, 0.3) is 0 Å². The van der Waals surface area contributed by atoms with E-state index in [0.717, 1.165) is 38.0 Å². The van der Waals surface area contributed by atoms with Crippen LogP contribution in [0.25, 0.3) is 0 Å². The molecule has 1 aromatic carbocycles. The van der Waals surface area contributed by atoms with Gasteiger partial charge in [-0.1, -0.05) is 19.8 Å². The van der Waals surface area contributed by atoms with Crippen molar-refractivity contribution in [2.45, 2.75) is 52.4 Å². The van der Waals surface area contributed by atoms with E-state index in [1.165, 1.54) is 31.9 Å². The number of amides is 2. The first-order valence-corrected chi connectivity index (χ1v) is 9.50. The van der Waals surface area contributed by atoms with E-state index in [0.29, 0.717) is 6.54 Å². The van der Waals surface area contributed by atoms with Crippen molar-refractivity contribution >= 4 is 23.2 Å². The Balaban J connectivity index is 1.85. The van der Waals surface area contributed by atoms with Crippen LogP contribution in [0.1, 0.15) is 52.4 Å². The van der Waals surface area contributed by atoms with Gasteiger partial charge in [0.15, 0.2) is 0 Å². The summed E-state index contributed by atoms with van der Waals surface area (Å²) in [5, 5.41) is 2.90. The van der Waals surface area contributed by atoms with E-state index in [4.69, 9.17) is 0 Å². The molecule has 1 aliphatic rings. The summed E-state index contributed by atoms with van der Waals surface area (Å²) in [6, 6.07) is 8.00. The molecule has 1 aromatic rings. The van der Waals surface area contributed by atoms with Crippen LogP contribution >= 0.6 is 0 Å². The van der Waals surface area contributed by atoms with Crippen LogP contribution in [0.5, 0.6) is 0 Å². The van der Waals surface area contributed by atoms with Gasteiger partial charge < -0.3 is 15.1 Å². The lowest BCUT2D eigenvalue weighted by Crippen LogP contribution is -2.37. The molecule has 0 aliphatic carbocycles. The van der Waals surface area contributed by atoms with Gasteiger partial charge in [-0.3, -0.25) is 9.59 Å². The fourth-order valence-electron chi connectivity index (χ4n) is 3.18. The van der Waals surface area contributed by atoms with Crippen LogP contribution < -0.4 is 10.2 Å². The summed E-state index contributed by atoms with van der Waals surface area (Å²) in [6.07, 6.45) is 6.92. The fraction of sp³-hybridized carbons (Fsp3) is 0.600. The molecule has 0 spiro atoms. The molecule has 0 aromatic heterocycles. The summed E-state index contributed by atoms with van der Waals surface area (Å²) in [5.41, 5.74) is 1.99. The second kappa shape index (κ2) is 10.1. The molecule has 1 heterocycles. The normalized spacial score (nSPS) is 14.2. The molecule has 0 unspecified atom stereocenters. The molecule has 5 nitrogen and oxygen atoms in total. The summed E-state index contributed by atoms with van der Waals surface area (Å²) in [4.78, 5) is 27.9. The predicted molar refractivity (Wildman–Crippen MR) is 103 cm³/mol. The molecule has 2 amide bonds. The largest absolute Gasteiger partial charge is 0.372 e. The molecule has 0 saturated carbocycles. The zero-order valence-electron chi connectivity index (χ0n) is 15.6. The highest BCUT2D eigenvalue weighted by molar-refractivity contribution is 5.94. The molecule has 0 atom stereocenters. The zero-order chi connectivity index (χ0) is 18.1. The molecule has 5 heteroatoms. The molecular weight excluding hydrogens is 314 g/mol. The maximum atomic E-state index is 12.2. The SMILES string of the molecule is CCCCCN(CC(=O)Nc1ccc(N2CCCCC2)cc1)C(C)=O. The van der Waals surface area contributed by atoms with Crippen LogP contribution in [0, 0.1) is 0 Å². The molecule has 0 radical (unpaired) electrons. The monoisotopic (exact) mass is 345 g/mol. The van der Waals surface area contributed by atoms with Gasteiger partial charge in [-0.2, -0.15) is 0 Å². The molecule has 138 valence electrons. The lowest BCUT2D eigenvalue weighted by atomic mass is 10.1. The summed E-state index contributed by atoms with van der Waals surface area (Å²) >= 11 is 0. The maximum absolute atomic E-state index is 12.2. The highest BCUT2D eigenvalue weighted by Gasteiger charge is 2.14. The average molecular weight is 345 g/mol. The molecule has 1 saturated heterocycles. The van der Waals surface area contributed by atoms with E-state index in [1.54, 1.807) is 4.90 Å². The van der Waals surface area contributed by atoms with Gasteiger partial charge >= 0.3 is 0 Å². The van der Waals surface area contributed by atoms with Crippen molar-refractivity contribution in [2.24, 2.45) is 0 Å². The molecule has 1 aliphatic heterocycles. The minimum Gasteiger partial charge on any atom is -0.372 e. The second-order valence-corrected chi connectivity index (χ2v) is 6.79. The predicted octanol–water partition coefficient (Wildman–Crippen LogP) is 3.65. The van der Waals surface area contributed by atoms with Gasteiger partial charge in [0, 0.05) is 37.9 Å². The van der Waals surface area contributed by atoms with E-state index in [1.807, 2.05) is 12.1 Å². The van der Waals surface area contributed by atoms with Crippen LogP contribution in [0.3, 0.4) is 0 Å². The molecule has 0 bridgehead atoms. The summed E-state index contributed by atoms with van der Waals surface area (Å²) in [6.45, 7) is 6.62. The Hall–Kier alpha value is -2.04. The standard InChI is InChI=1S/C20H31N3O2/c1-3-4-6-15-23(17(2)24)16-20(25)21-18-9-11-19(12-10-18)22-13-7-5-8-14-22/h9-12H,3-8,13-16H2,1-2H3,(H,21,25). The number of benzene rings is 1. The number of nitrogens with one attached hydrogen (secondary N) is 1. The van der Waals surface area contributed by atoms with Gasteiger partial charge in [0.2, 0.25) is 11.8 Å². The van der Waals surface area contributed by atoms with E-state index in [2.05, 4.69) is 29.3 Å². The molecule has 1 N–H and O–H groups in total. The summed E-state index contributed by atoms with van der Waals surface area (Å²) < 4.78 is 0. The maximum Gasteiger partial charge on any atom is 0.243 e. The minimum absolute atomic E-state index is 0.0494. The Labute approximate surface area is 151 Å².